The molecule has 0 aliphatic rings. The quantitative estimate of drug-likeness (QED) is 0.288. The molecule has 0 heterocycles. The van der Waals surface area contributed by atoms with Crippen LogP contribution in [0.5, 0.6) is 0 Å². The van der Waals surface area contributed by atoms with Crippen LogP contribution in [0, 0.1) is 0 Å². The van der Waals surface area contributed by atoms with Crippen LogP contribution in [0.3, 0.4) is 0 Å². The molecule has 0 aliphatic heterocycles. The van der Waals surface area contributed by atoms with Crippen molar-refractivity contribution in [1.82, 2.24) is 0 Å². The zero-order valence-electron chi connectivity index (χ0n) is 17.5. The van der Waals surface area contributed by atoms with E-state index >= 15 is 0 Å². The van der Waals surface area contributed by atoms with Gasteiger partial charge in [0.1, 0.15) is 6.10 Å². The number of hydrogen-bond acceptors (Lipinski definition) is 3. The third-order valence-corrected chi connectivity index (χ3v) is 4.98. The van der Waals surface area contributed by atoms with Crippen molar-refractivity contribution in [2.75, 3.05) is 19.8 Å². The van der Waals surface area contributed by atoms with E-state index in [4.69, 9.17) is 9.47 Å². The molecule has 0 aromatic heterocycles. The van der Waals surface area contributed by atoms with Crippen LogP contribution >= 0.6 is 0 Å². The van der Waals surface area contributed by atoms with E-state index in [1.807, 2.05) is 30.3 Å². The van der Waals surface area contributed by atoms with E-state index < -0.39 is 0 Å². The van der Waals surface area contributed by atoms with Crippen LogP contribution in [-0.2, 0) is 16.1 Å². The minimum atomic E-state index is -0.234. The van der Waals surface area contributed by atoms with E-state index in [1.165, 1.54) is 70.6 Å². The summed E-state index contributed by atoms with van der Waals surface area (Å²) in [6.45, 7) is 4.04. The molecular weight excluding hydrogens is 336 g/mol. The van der Waals surface area contributed by atoms with E-state index in [9.17, 15) is 5.11 Å². The third kappa shape index (κ3) is 14.8. The van der Waals surface area contributed by atoms with Crippen molar-refractivity contribution < 1.29 is 14.6 Å². The van der Waals surface area contributed by atoms with Gasteiger partial charge in [-0.1, -0.05) is 108 Å². The van der Waals surface area contributed by atoms with E-state index in [1.54, 1.807) is 0 Å². The normalized spacial score (nSPS) is 12.4. The maximum atomic E-state index is 9.40. The average molecular weight is 379 g/mol. The van der Waals surface area contributed by atoms with Crippen LogP contribution < -0.4 is 0 Å². The summed E-state index contributed by atoms with van der Waals surface area (Å²) >= 11 is 0. The smallest absolute Gasteiger partial charge is 0.104 e. The van der Waals surface area contributed by atoms with Crippen LogP contribution in [0.4, 0.5) is 0 Å². The second-order valence-corrected chi connectivity index (χ2v) is 7.57. The lowest BCUT2D eigenvalue weighted by Gasteiger charge is -2.15. The predicted octanol–water partition coefficient (Wildman–Crippen LogP) is 6.28. The van der Waals surface area contributed by atoms with Crippen molar-refractivity contribution in [3.63, 3.8) is 0 Å². The fraction of sp³-hybridized carbons (Fsp3) is 0.750. The zero-order valence-corrected chi connectivity index (χ0v) is 17.5. The van der Waals surface area contributed by atoms with Gasteiger partial charge in [0, 0.05) is 6.61 Å². The van der Waals surface area contributed by atoms with Gasteiger partial charge in [0.15, 0.2) is 0 Å². The highest BCUT2D eigenvalue weighted by molar-refractivity contribution is 5.13. The first kappa shape index (κ1) is 24.1. The van der Waals surface area contributed by atoms with Crippen LogP contribution in [0.1, 0.15) is 89.5 Å². The molecule has 27 heavy (non-hydrogen) atoms. The number of benzene rings is 1. The second-order valence-electron chi connectivity index (χ2n) is 7.57. The second kappa shape index (κ2) is 18.5. The molecule has 0 bridgehead atoms. The van der Waals surface area contributed by atoms with Gasteiger partial charge in [-0.3, -0.25) is 0 Å². The highest BCUT2D eigenvalue weighted by Gasteiger charge is 2.08. The summed E-state index contributed by atoms with van der Waals surface area (Å²) in [5.74, 6) is 0. The number of aliphatic hydroxyl groups excluding tert-OH is 1. The first-order valence-corrected chi connectivity index (χ1v) is 11.2. The van der Waals surface area contributed by atoms with Crippen molar-refractivity contribution in [3.05, 3.63) is 35.9 Å². The summed E-state index contributed by atoms with van der Waals surface area (Å²) in [5.41, 5.74) is 1.12. The van der Waals surface area contributed by atoms with Gasteiger partial charge in [0.05, 0.1) is 19.8 Å². The van der Waals surface area contributed by atoms with Crippen molar-refractivity contribution >= 4 is 0 Å². The molecule has 0 saturated carbocycles. The molecule has 1 aromatic carbocycles. The molecule has 1 N–H and O–H groups in total. The largest absolute Gasteiger partial charge is 0.394 e. The SMILES string of the molecule is CCCCCCCCCCCCCCOC[C@H](CO)OCc1ccccc1. The molecule has 0 amide bonds. The Morgan fingerprint density at radius 1 is 0.778 bits per heavy atom. The monoisotopic (exact) mass is 378 g/mol. The summed E-state index contributed by atoms with van der Waals surface area (Å²) in [6.07, 6.45) is 16.0. The minimum absolute atomic E-state index is 0.00524. The first-order chi connectivity index (χ1) is 13.4. The maximum Gasteiger partial charge on any atom is 0.104 e. The van der Waals surface area contributed by atoms with Crippen molar-refractivity contribution in [1.29, 1.82) is 0 Å². The van der Waals surface area contributed by atoms with Gasteiger partial charge in [-0.05, 0) is 12.0 Å². The molecular formula is C24H42O3. The lowest BCUT2D eigenvalue weighted by molar-refractivity contribution is -0.0502. The van der Waals surface area contributed by atoms with Crippen molar-refractivity contribution in [2.24, 2.45) is 0 Å². The van der Waals surface area contributed by atoms with Gasteiger partial charge < -0.3 is 14.6 Å². The molecule has 0 spiro atoms. The molecule has 0 unspecified atom stereocenters. The van der Waals surface area contributed by atoms with Crippen molar-refractivity contribution in [3.8, 4) is 0 Å². The third-order valence-electron chi connectivity index (χ3n) is 4.98. The molecule has 0 fully saturated rings. The zero-order chi connectivity index (χ0) is 19.4. The molecule has 3 heteroatoms. The Morgan fingerprint density at radius 2 is 1.33 bits per heavy atom. The highest BCUT2D eigenvalue weighted by Crippen LogP contribution is 2.12. The number of aliphatic hydroxyl groups is 1. The van der Waals surface area contributed by atoms with E-state index in [0.717, 1.165) is 18.6 Å². The molecule has 1 aromatic rings. The van der Waals surface area contributed by atoms with E-state index in [0.29, 0.717) is 13.2 Å². The van der Waals surface area contributed by atoms with Gasteiger partial charge in [0.25, 0.3) is 0 Å². The summed E-state index contributed by atoms with van der Waals surface area (Å²) in [7, 11) is 0. The molecule has 156 valence electrons. The van der Waals surface area contributed by atoms with Crippen LogP contribution in [0.2, 0.25) is 0 Å². The van der Waals surface area contributed by atoms with E-state index in [2.05, 4.69) is 6.92 Å². The molecule has 1 rings (SSSR count). The Bertz CT molecular complexity index is 407. The number of unbranched alkanes of at least 4 members (excludes halogenated alkanes) is 11. The minimum Gasteiger partial charge on any atom is -0.394 e. The average Bonchev–Trinajstić information content (AvgIpc) is 2.71. The van der Waals surface area contributed by atoms with Crippen molar-refractivity contribution in [2.45, 2.75) is 96.7 Å². The molecule has 1 atom stereocenters. The van der Waals surface area contributed by atoms with Crippen LogP contribution in [0.15, 0.2) is 30.3 Å². The topological polar surface area (TPSA) is 38.7 Å². The Hall–Kier alpha value is -0.900. The Labute approximate surface area is 167 Å². The standard InChI is InChI=1S/C24H42O3/c1-2-3-4-5-6-7-8-9-10-11-12-16-19-26-22-24(20-25)27-21-23-17-14-13-15-18-23/h13-15,17-18,24-25H,2-12,16,19-22H2,1H3/t24-/m0/s1. The van der Waals surface area contributed by atoms with Crippen LogP contribution in [0.25, 0.3) is 0 Å². The summed E-state index contributed by atoms with van der Waals surface area (Å²) < 4.78 is 11.4. The van der Waals surface area contributed by atoms with Gasteiger partial charge in [-0.2, -0.15) is 0 Å². The summed E-state index contributed by atoms with van der Waals surface area (Å²) in [5, 5.41) is 9.40. The predicted molar refractivity (Wildman–Crippen MR) is 114 cm³/mol. The fourth-order valence-corrected chi connectivity index (χ4v) is 3.20. The lowest BCUT2D eigenvalue weighted by atomic mass is 10.1. The van der Waals surface area contributed by atoms with Gasteiger partial charge >= 0.3 is 0 Å². The van der Waals surface area contributed by atoms with Gasteiger partial charge in [-0.25, -0.2) is 0 Å². The molecule has 0 saturated heterocycles. The van der Waals surface area contributed by atoms with Gasteiger partial charge in [0.2, 0.25) is 0 Å². The van der Waals surface area contributed by atoms with E-state index in [-0.39, 0.29) is 12.7 Å². The molecule has 0 radical (unpaired) electrons. The Kier molecular flexibility index (Phi) is 16.5. The lowest BCUT2D eigenvalue weighted by Crippen LogP contribution is -2.24. The maximum absolute atomic E-state index is 9.40. The molecule has 0 aliphatic carbocycles. The summed E-state index contributed by atoms with van der Waals surface area (Å²) in [4.78, 5) is 0. The molecule has 3 nitrogen and oxygen atoms in total. The Morgan fingerprint density at radius 3 is 1.89 bits per heavy atom. The number of hydrogen-bond donors (Lipinski definition) is 1. The first-order valence-electron chi connectivity index (χ1n) is 11.2. The van der Waals surface area contributed by atoms with Gasteiger partial charge in [-0.15, -0.1) is 0 Å². The number of ether oxygens (including phenoxy) is 2. The summed E-state index contributed by atoms with van der Waals surface area (Å²) in [6, 6.07) is 10.0. The fourth-order valence-electron chi connectivity index (χ4n) is 3.20. The Balaban J connectivity index is 1.84. The van der Waals surface area contributed by atoms with Crippen LogP contribution in [-0.4, -0.2) is 31.0 Å². The number of rotatable bonds is 19. The highest BCUT2D eigenvalue weighted by atomic mass is 16.5.